The van der Waals surface area contributed by atoms with Crippen molar-refractivity contribution in [2.75, 3.05) is 0 Å². The highest BCUT2D eigenvalue weighted by Crippen LogP contribution is 2.03. The predicted octanol–water partition coefficient (Wildman–Crippen LogP) is 1.65. The van der Waals surface area contributed by atoms with Crippen LogP contribution in [0.1, 0.15) is 21.5 Å². The molecule has 1 heterocycles. The van der Waals surface area contributed by atoms with E-state index in [-0.39, 0.29) is 5.91 Å². The molecule has 2 aromatic rings. The number of benzene rings is 1. The smallest absolute Gasteiger partial charge is 0.251 e. The van der Waals surface area contributed by atoms with Gasteiger partial charge in [-0.1, -0.05) is 17.7 Å². The monoisotopic (exact) mass is 215 g/mol. The van der Waals surface area contributed by atoms with E-state index >= 15 is 0 Å². The number of aryl methyl sites for hydroxylation is 1. The fourth-order valence-corrected chi connectivity index (χ4v) is 1.36. The van der Waals surface area contributed by atoms with Gasteiger partial charge < -0.3 is 5.32 Å². The van der Waals surface area contributed by atoms with Crippen molar-refractivity contribution in [2.45, 2.75) is 13.5 Å². The average Bonchev–Trinajstić information content (AvgIpc) is 2.80. The van der Waals surface area contributed by atoms with Crippen LogP contribution in [0.15, 0.2) is 36.7 Å². The van der Waals surface area contributed by atoms with Gasteiger partial charge >= 0.3 is 0 Å². The van der Waals surface area contributed by atoms with Gasteiger partial charge in [-0.2, -0.15) is 5.10 Å². The molecule has 4 heteroatoms. The molecule has 0 unspecified atom stereocenters. The summed E-state index contributed by atoms with van der Waals surface area (Å²) >= 11 is 0. The third kappa shape index (κ3) is 2.48. The molecule has 4 nitrogen and oxygen atoms in total. The second-order valence-corrected chi connectivity index (χ2v) is 3.66. The highest BCUT2D eigenvalue weighted by atomic mass is 16.1. The molecule has 0 aliphatic heterocycles. The lowest BCUT2D eigenvalue weighted by Gasteiger charge is -2.03. The molecule has 16 heavy (non-hydrogen) atoms. The Bertz CT molecular complexity index is 460. The molecule has 0 radical (unpaired) electrons. The number of aromatic nitrogens is 2. The first kappa shape index (κ1) is 10.4. The van der Waals surface area contributed by atoms with Gasteiger partial charge in [0.05, 0.1) is 6.20 Å². The molecule has 2 rings (SSSR count). The second-order valence-electron chi connectivity index (χ2n) is 3.66. The van der Waals surface area contributed by atoms with Crippen LogP contribution in [0.4, 0.5) is 0 Å². The Labute approximate surface area is 93.7 Å². The molecule has 2 N–H and O–H groups in total. The number of hydrogen-bond acceptors (Lipinski definition) is 2. The topological polar surface area (TPSA) is 57.8 Å². The van der Waals surface area contributed by atoms with Crippen molar-refractivity contribution < 1.29 is 4.79 Å². The molecule has 1 aromatic heterocycles. The molecule has 0 aliphatic rings. The van der Waals surface area contributed by atoms with Crippen LogP contribution < -0.4 is 5.32 Å². The molecule has 0 aliphatic carbocycles. The van der Waals surface area contributed by atoms with Gasteiger partial charge in [0.15, 0.2) is 0 Å². The highest BCUT2D eigenvalue weighted by molar-refractivity contribution is 5.94. The maximum absolute atomic E-state index is 11.7. The van der Waals surface area contributed by atoms with Crippen LogP contribution in [0.25, 0.3) is 0 Å². The third-order valence-electron chi connectivity index (χ3n) is 2.32. The van der Waals surface area contributed by atoms with Gasteiger partial charge in [-0.05, 0) is 19.1 Å². The van der Waals surface area contributed by atoms with Gasteiger partial charge in [0, 0.05) is 23.9 Å². The van der Waals surface area contributed by atoms with E-state index in [1.165, 1.54) is 0 Å². The fourth-order valence-electron chi connectivity index (χ4n) is 1.36. The Balaban J connectivity index is 1.95. The van der Waals surface area contributed by atoms with Gasteiger partial charge in [-0.3, -0.25) is 9.89 Å². The number of hydrogen-bond donors (Lipinski definition) is 2. The minimum Gasteiger partial charge on any atom is -0.348 e. The average molecular weight is 215 g/mol. The molecule has 0 atom stereocenters. The Morgan fingerprint density at radius 1 is 1.38 bits per heavy atom. The summed E-state index contributed by atoms with van der Waals surface area (Å²) in [5.41, 5.74) is 2.78. The number of H-pyrrole nitrogens is 1. The summed E-state index contributed by atoms with van der Waals surface area (Å²) in [4.78, 5) is 11.7. The zero-order valence-corrected chi connectivity index (χ0v) is 9.03. The van der Waals surface area contributed by atoms with Crippen LogP contribution in [0.5, 0.6) is 0 Å². The van der Waals surface area contributed by atoms with Crippen LogP contribution in [0.3, 0.4) is 0 Å². The normalized spacial score (nSPS) is 10.1. The van der Waals surface area contributed by atoms with E-state index in [4.69, 9.17) is 0 Å². The van der Waals surface area contributed by atoms with E-state index in [0.29, 0.717) is 12.1 Å². The van der Waals surface area contributed by atoms with E-state index in [0.717, 1.165) is 11.1 Å². The summed E-state index contributed by atoms with van der Waals surface area (Å²) in [7, 11) is 0. The molecule has 0 bridgehead atoms. The number of carbonyl (C=O) groups is 1. The third-order valence-corrected chi connectivity index (χ3v) is 2.32. The van der Waals surface area contributed by atoms with Crippen molar-refractivity contribution in [1.29, 1.82) is 0 Å². The Kier molecular flexibility index (Phi) is 3.00. The van der Waals surface area contributed by atoms with Gasteiger partial charge in [0.25, 0.3) is 5.91 Å². The summed E-state index contributed by atoms with van der Waals surface area (Å²) in [6, 6.07) is 7.49. The van der Waals surface area contributed by atoms with Crippen molar-refractivity contribution in [3.05, 3.63) is 53.3 Å². The number of rotatable bonds is 3. The van der Waals surface area contributed by atoms with E-state index in [2.05, 4.69) is 15.5 Å². The van der Waals surface area contributed by atoms with E-state index in [9.17, 15) is 4.79 Å². The van der Waals surface area contributed by atoms with E-state index in [1.807, 2.05) is 31.2 Å². The van der Waals surface area contributed by atoms with Crippen molar-refractivity contribution in [3.8, 4) is 0 Å². The fraction of sp³-hybridized carbons (Fsp3) is 0.167. The molecule has 0 saturated carbocycles. The first-order valence-electron chi connectivity index (χ1n) is 5.08. The maximum Gasteiger partial charge on any atom is 0.251 e. The number of nitrogens with zero attached hydrogens (tertiary/aromatic N) is 1. The zero-order valence-electron chi connectivity index (χ0n) is 9.03. The van der Waals surface area contributed by atoms with Crippen molar-refractivity contribution in [1.82, 2.24) is 15.5 Å². The minimum atomic E-state index is -0.0683. The molecule has 1 amide bonds. The number of amides is 1. The summed E-state index contributed by atoms with van der Waals surface area (Å²) in [5.74, 6) is -0.0683. The first-order chi connectivity index (χ1) is 7.75. The van der Waals surface area contributed by atoms with Crippen LogP contribution in [0.2, 0.25) is 0 Å². The van der Waals surface area contributed by atoms with Gasteiger partial charge in [0.2, 0.25) is 0 Å². The Hall–Kier alpha value is -2.10. The molecular formula is C12H13N3O. The summed E-state index contributed by atoms with van der Waals surface area (Å²) in [6.45, 7) is 2.48. The standard InChI is InChI=1S/C12H13N3O/c1-9-2-4-11(5-3-9)12(16)13-6-10-7-14-15-8-10/h2-5,7-8H,6H2,1H3,(H,13,16)(H,14,15). The molecular weight excluding hydrogens is 202 g/mol. The highest BCUT2D eigenvalue weighted by Gasteiger charge is 2.04. The number of nitrogens with one attached hydrogen (secondary N) is 2. The van der Waals surface area contributed by atoms with Crippen LogP contribution in [-0.4, -0.2) is 16.1 Å². The summed E-state index contributed by atoms with van der Waals surface area (Å²) in [6.07, 6.45) is 3.45. The molecule has 0 spiro atoms. The maximum atomic E-state index is 11.7. The predicted molar refractivity (Wildman–Crippen MR) is 60.9 cm³/mol. The Morgan fingerprint density at radius 2 is 2.12 bits per heavy atom. The van der Waals surface area contributed by atoms with Gasteiger partial charge in [0.1, 0.15) is 0 Å². The minimum absolute atomic E-state index is 0.0683. The lowest BCUT2D eigenvalue weighted by Crippen LogP contribution is -2.22. The van der Waals surface area contributed by atoms with Crippen LogP contribution in [-0.2, 0) is 6.54 Å². The second kappa shape index (κ2) is 4.61. The van der Waals surface area contributed by atoms with Crippen molar-refractivity contribution in [3.63, 3.8) is 0 Å². The zero-order chi connectivity index (χ0) is 11.4. The molecule has 0 saturated heterocycles. The molecule has 0 fully saturated rings. The van der Waals surface area contributed by atoms with Gasteiger partial charge in [-0.15, -0.1) is 0 Å². The van der Waals surface area contributed by atoms with E-state index in [1.54, 1.807) is 12.4 Å². The largest absolute Gasteiger partial charge is 0.348 e. The van der Waals surface area contributed by atoms with E-state index < -0.39 is 0 Å². The SMILES string of the molecule is Cc1ccc(C(=O)NCc2cn[nH]c2)cc1. The van der Waals surface area contributed by atoms with Crippen LogP contribution >= 0.6 is 0 Å². The molecule has 82 valence electrons. The lowest BCUT2D eigenvalue weighted by atomic mass is 10.1. The Morgan fingerprint density at radius 3 is 2.75 bits per heavy atom. The van der Waals surface area contributed by atoms with Crippen molar-refractivity contribution >= 4 is 5.91 Å². The first-order valence-corrected chi connectivity index (χ1v) is 5.08. The van der Waals surface area contributed by atoms with Crippen molar-refractivity contribution in [2.24, 2.45) is 0 Å². The quantitative estimate of drug-likeness (QED) is 0.817. The lowest BCUT2D eigenvalue weighted by molar-refractivity contribution is 0.0951. The van der Waals surface area contributed by atoms with Gasteiger partial charge in [-0.25, -0.2) is 0 Å². The summed E-state index contributed by atoms with van der Waals surface area (Å²) < 4.78 is 0. The summed E-state index contributed by atoms with van der Waals surface area (Å²) in [5, 5.41) is 9.33. The number of aromatic amines is 1. The number of carbonyl (C=O) groups excluding carboxylic acids is 1. The van der Waals surface area contributed by atoms with Crippen LogP contribution in [0, 0.1) is 6.92 Å². The molecule has 1 aromatic carbocycles.